The molecule has 104 valence electrons. The van der Waals surface area contributed by atoms with Gasteiger partial charge in [0.05, 0.1) is 5.56 Å². The molecule has 0 spiro atoms. The van der Waals surface area contributed by atoms with Gasteiger partial charge in [-0.3, -0.25) is 9.59 Å². The molecule has 0 aliphatic carbocycles. The average molecular weight is 267 g/mol. The smallest absolute Gasteiger partial charge is 0.254 e. The average Bonchev–Trinajstić information content (AvgIpc) is 2.35. The first kappa shape index (κ1) is 14.9. The van der Waals surface area contributed by atoms with E-state index in [1.165, 1.54) is 6.07 Å². The van der Waals surface area contributed by atoms with Crippen molar-refractivity contribution in [3.8, 4) is 0 Å². The molecule has 6 heteroatoms. The van der Waals surface area contributed by atoms with Crippen LogP contribution in [-0.4, -0.2) is 24.4 Å². The Hall–Kier alpha value is -2.11. The van der Waals surface area contributed by atoms with Crippen LogP contribution in [0.4, 0.5) is 10.1 Å². The number of anilines is 1. The third kappa shape index (κ3) is 4.24. The van der Waals surface area contributed by atoms with Crippen LogP contribution in [0.25, 0.3) is 0 Å². The molecule has 0 saturated heterocycles. The number of carbonyl (C=O) groups excluding carboxylic acids is 2. The second-order valence-corrected chi connectivity index (χ2v) is 4.22. The number of nitrogens with two attached hydrogens (primary N) is 1. The SMILES string of the molecule is CCCNC(=O)C(C)NC(=O)c1ccc(F)cc1N. The van der Waals surface area contributed by atoms with Crippen LogP contribution in [-0.2, 0) is 4.79 Å². The number of hydrogen-bond donors (Lipinski definition) is 3. The Morgan fingerprint density at radius 1 is 1.42 bits per heavy atom. The molecular formula is C13H18FN3O2. The van der Waals surface area contributed by atoms with Crippen LogP contribution in [0.3, 0.4) is 0 Å². The minimum atomic E-state index is -0.677. The van der Waals surface area contributed by atoms with Gasteiger partial charge in [-0.2, -0.15) is 0 Å². The van der Waals surface area contributed by atoms with Crippen molar-refractivity contribution in [1.82, 2.24) is 10.6 Å². The monoisotopic (exact) mass is 267 g/mol. The third-order valence-corrected chi connectivity index (χ3v) is 2.55. The number of nitrogens with one attached hydrogen (secondary N) is 2. The number of amides is 2. The van der Waals surface area contributed by atoms with Crippen LogP contribution in [0, 0.1) is 5.82 Å². The molecule has 0 radical (unpaired) electrons. The molecule has 0 fully saturated rings. The molecule has 0 bridgehead atoms. The Morgan fingerprint density at radius 3 is 2.68 bits per heavy atom. The number of halogens is 1. The van der Waals surface area contributed by atoms with E-state index in [0.29, 0.717) is 6.54 Å². The lowest BCUT2D eigenvalue weighted by Gasteiger charge is -2.14. The Labute approximate surface area is 111 Å². The largest absolute Gasteiger partial charge is 0.398 e. The van der Waals surface area contributed by atoms with E-state index in [9.17, 15) is 14.0 Å². The van der Waals surface area contributed by atoms with E-state index in [-0.39, 0.29) is 17.2 Å². The van der Waals surface area contributed by atoms with Crippen molar-refractivity contribution in [2.75, 3.05) is 12.3 Å². The van der Waals surface area contributed by atoms with E-state index in [4.69, 9.17) is 5.73 Å². The number of carbonyl (C=O) groups is 2. The lowest BCUT2D eigenvalue weighted by atomic mass is 10.1. The van der Waals surface area contributed by atoms with Gasteiger partial charge in [-0.25, -0.2) is 4.39 Å². The van der Waals surface area contributed by atoms with Crippen LogP contribution >= 0.6 is 0 Å². The van der Waals surface area contributed by atoms with E-state index in [1.807, 2.05) is 6.92 Å². The minimum Gasteiger partial charge on any atom is -0.398 e. The van der Waals surface area contributed by atoms with Gasteiger partial charge >= 0.3 is 0 Å². The van der Waals surface area contributed by atoms with E-state index in [1.54, 1.807) is 6.92 Å². The molecule has 0 aromatic heterocycles. The Bertz CT molecular complexity index is 477. The molecule has 0 saturated carbocycles. The highest BCUT2D eigenvalue weighted by molar-refractivity contribution is 6.01. The molecule has 5 nitrogen and oxygen atoms in total. The fourth-order valence-electron chi connectivity index (χ4n) is 1.48. The molecule has 0 aliphatic heterocycles. The van der Waals surface area contributed by atoms with E-state index in [0.717, 1.165) is 18.6 Å². The zero-order valence-corrected chi connectivity index (χ0v) is 11.0. The molecule has 1 aromatic rings. The molecule has 1 rings (SSSR count). The zero-order valence-electron chi connectivity index (χ0n) is 11.0. The minimum absolute atomic E-state index is 0.0404. The van der Waals surface area contributed by atoms with Crippen molar-refractivity contribution in [1.29, 1.82) is 0 Å². The lowest BCUT2D eigenvalue weighted by Crippen LogP contribution is -2.45. The molecule has 0 heterocycles. The Morgan fingerprint density at radius 2 is 2.11 bits per heavy atom. The van der Waals surface area contributed by atoms with E-state index >= 15 is 0 Å². The summed E-state index contributed by atoms with van der Waals surface area (Å²) in [6.07, 6.45) is 0.817. The summed E-state index contributed by atoms with van der Waals surface area (Å²) in [6.45, 7) is 4.06. The highest BCUT2D eigenvalue weighted by atomic mass is 19.1. The molecule has 2 amide bonds. The normalized spacial score (nSPS) is 11.7. The Balaban J connectivity index is 2.66. The molecule has 1 atom stereocenters. The van der Waals surface area contributed by atoms with Gasteiger partial charge in [0.15, 0.2) is 0 Å². The van der Waals surface area contributed by atoms with Gasteiger partial charge < -0.3 is 16.4 Å². The molecule has 19 heavy (non-hydrogen) atoms. The summed E-state index contributed by atoms with van der Waals surface area (Å²) in [4.78, 5) is 23.5. The first-order valence-corrected chi connectivity index (χ1v) is 6.09. The van der Waals surface area contributed by atoms with Gasteiger partial charge in [-0.1, -0.05) is 6.92 Å². The quantitative estimate of drug-likeness (QED) is 0.697. The van der Waals surface area contributed by atoms with E-state index < -0.39 is 17.8 Å². The van der Waals surface area contributed by atoms with Crippen molar-refractivity contribution in [3.63, 3.8) is 0 Å². The van der Waals surface area contributed by atoms with Crippen LogP contribution in [0.15, 0.2) is 18.2 Å². The van der Waals surface area contributed by atoms with Gasteiger partial charge in [-0.05, 0) is 31.5 Å². The molecular weight excluding hydrogens is 249 g/mol. The van der Waals surface area contributed by atoms with Crippen LogP contribution in [0.1, 0.15) is 30.6 Å². The number of rotatable bonds is 5. The topological polar surface area (TPSA) is 84.2 Å². The summed E-state index contributed by atoms with van der Waals surface area (Å²) in [5.74, 6) is -1.28. The lowest BCUT2D eigenvalue weighted by molar-refractivity contribution is -0.122. The van der Waals surface area contributed by atoms with Gasteiger partial charge in [0.2, 0.25) is 5.91 Å². The molecule has 1 unspecified atom stereocenters. The number of benzene rings is 1. The Kier molecular flexibility index (Phi) is 5.29. The summed E-state index contributed by atoms with van der Waals surface area (Å²) in [5.41, 5.74) is 5.74. The van der Waals surface area contributed by atoms with Crippen LogP contribution in [0.5, 0.6) is 0 Å². The molecule has 0 aliphatic rings. The maximum atomic E-state index is 12.9. The zero-order chi connectivity index (χ0) is 14.4. The highest BCUT2D eigenvalue weighted by Crippen LogP contribution is 2.13. The van der Waals surface area contributed by atoms with Crippen molar-refractivity contribution >= 4 is 17.5 Å². The van der Waals surface area contributed by atoms with Gasteiger partial charge in [0, 0.05) is 12.2 Å². The van der Waals surface area contributed by atoms with Gasteiger partial charge in [0.1, 0.15) is 11.9 Å². The predicted molar refractivity (Wildman–Crippen MR) is 71.0 cm³/mol. The van der Waals surface area contributed by atoms with E-state index in [2.05, 4.69) is 10.6 Å². The van der Waals surface area contributed by atoms with Crippen molar-refractivity contribution < 1.29 is 14.0 Å². The summed E-state index contributed by atoms with van der Waals surface area (Å²) in [6, 6.07) is 2.82. The summed E-state index contributed by atoms with van der Waals surface area (Å²) < 4.78 is 12.9. The first-order chi connectivity index (χ1) is 8.95. The van der Waals surface area contributed by atoms with Gasteiger partial charge in [-0.15, -0.1) is 0 Å². The maximum Gasteiger partial charge on any atom is 0.254 e. The first-order valence-electron chi connectivity index (χ1n) is 6.09. The summed E-state index contributed by atoms with van der Waals surface area (Å²) >= 11 is 0. The number of nitrogen functional groups attached to an aromatic ring is 1. The summed E-state index contributed by atoms with van der Waals surface area (Å²) in [5, 5.41) is 5.18. The van der Waals surface area contributed by atoms with Crippen LogP contribution in [0.2, 0.25) is 0 Å². The van der Waals surface area contributed by atoms with Crippen molar-refractivity contribution in [3.05, 3.63) is 29.6 Å². The number of hydrogen-bond acceptors (Lipinski definition) is 3. The standard InChI is InChI=1S/C13H18FN3O2/c1-3-6-16-12(18)8(2)17-13(19)10-5-4-9(14)7-11(10)15/h4-5,7-8H,3,6,15H2,1-2H3,(H,16,18)(H,17,19). The molecule has 4 N–H and O–H groups in total. The third-order valence-electron chi connectivity index (χ3n) is 2.55. The second-order valence-electron chi connectivity index (χ2n) is 4.22. The van der Waals surface area contributed by atoms with Gasteiger partial charge in [0.25, 0.3) is 5.91 Å². The van der Waals surface area contributed by atoms with Crippen molar-refractivity contribution in [2.24, 2.45) is 0 Å². The van der Waals surface area contributed by atoms with Crippen LogP contribution < -0.4 is 16.4 Å². The predicted octanol–water partition coefficient (Wildman–Crippen LogP) is 1.05. The van der Waals surface area contributed by atoms with Crippen molar-refractivity contribution in [2.45, 2.75) is 26.3 Å². The second kappa shape index (κ2) is 6.72. The highest BCUT2D eigenvalue weighted by Gasteiger charge is 2.17. The fraction of sp³-hybridized carbons (Fsp3) is 0.385. The summed E-state index contributed by atoms with van der Waals surface area (Å²) in [7, 11) is 0. The fourth-order valence-corrected chi connectivity index (χ4v) is 1.48. The molecule has 1 aromatic carbocycles. The maximum absolute atomic E-state index is 12.9.